The first-order chi connectivity index (χ1) is 16.2. The molecule has 9 nitrogen and oxygen atoms in total. The summed E-state index contributed by atoms with van der Waals surface area (Å²) in [5.41, 5.74) is 2.54. The number of nitrogens with one attached hydrogen (secondary N) is 2. The standard InChI is InChI=1S/C24H32N4O5S/c1-24(2,3)33-23(31)26-10-9-25-21(29)18-7-5-11-28(13-18)22(30)17-6-4-8-20(12-17)32-14-19-15-34-16-27-19/h4,6,8,12,15-16,18H,5,7,9-11,13-14H2,1-3H3,(H,25,29)(H,26,31). The minimum absolute atomic E-state index is 0.121. The molecule has 0 spiro atoms. The molecule has 2 N–H and O–H groups in total. The fourth-order valence-corrected chi connectivity index (χ4v) is 4.10. The monoisotopic (exact) mass is 488 g/mol. The van der Waals surface area contributed by atoms with E-state index in [1.807, 2.05) is 5.38 Å². The number of aromatic nitrogens is 1. The van der Waals surface area contributed by atoms with E-state index in [1.54, 1.807) is 55.4 Å². The van der Waals surface area contributed by atoms with Crippen LogP contribution in [0.15, 0.2) is 35.2 Å². The van der Waals surface area contributed by atoms with Crippen LogP contribution in [0.3, 0.4) is 0 Å². The normalized spacial score (nSPS) is 16.0. The van der Waals surface area contributed by atoms with Crippen molar-refractivity contribution in [1.29, 1.82) is 0 Å². The summed E-state index contributed by atoms with van der Waals surface area (Å²) in [6.07, 6.45) is 0.945. The lowest BCUT2D eigenvalue weighted by Crippen LogP contribution is -2.46. The predicted molar refractivity (Wildman–Crippen MR) is 129 cm³/mol. The Morgan fingerprint density at radius 2 is 2.00 bits per heavy atom. The van der Waals surface area contributed by atoms with E-state index < -0.39 is 11.7 Å². The average Bonchev–Trinajstić information content (AvgIpc) is 3.33. The average molecular weight is 489 g/mol. The highest BCUT2D eigenvalue weighted by Crippen LogP contribution is 2.21. The van der Waals surface area contributed by atoms with Crippen molar-refractivity contribution >= 4 is 29.2 Å². The summed E-state index contributed by atoms with van der Waals surface area (Å²) < 4.78 is 10.9. The molecule has 1 aliphatic heterocycles. The van der Waals surface area contributed by atoms with Crippen LogP contribution in [0.2, 0.25) is 0 Å². The third kappa shape index (κ3) is 8.02. The zero-order valence-electron chi connectivity index (χ0n) is 19.8. The summed E-state index contributed by atoms with van der Waals surface area (Å²) >= 11 is 1.50. The molecule has 1 saturated heterocycles. The molecule has 3 amide bonds. The van der Waals surface area contributed by atoms with Gasteiger partial charge in [0.05, 0.1) is 17.1 Å². The third-order valence-electron chi connectivity index (χ3n) is 5.12. The molecule has 0 aliphatic carbocycles. The number of piperidine rings is 1. The Morgan fingerprint density at radius 3 is 2.74 bits per heavy atom. The number of alkyl carbamates (subject to hydrolysis) is 1. The first kappa shape index (κ1) is 25.5. The second-order valence-corrected chi connectivity index (χ2v) is 9.82. The maximum absolute atomic E-state index is 13.1. The van der Waals surface area contributed by atoms with Crippen molar-refractivity contribution in [1.82, 2.24) is 20.5 Å². The van der Waals surface area contributed by atoms with E-state index in [1.165, 1.54) is 11.3 Å². The number of likely N-dealkylation sites (tertiary alicyclic amines) is 1. The van der Waals surface area contributed by atoms with Crippen LogP contribution in [-0.4, -0.2) is 59.6 Å². The maximum Gasteiger partial charge on any atom is 0.407 e. The molecule has 3 rings (SSSR count). The Kier molecular flexibility index (Phi) is 8.86. The number of carbonyl (C=O) groups is 3. The van der Waals surface area contributed by atoms with Gasteiger partial charge in [-0.1, -0.05) is 6.07 Å². The number of amides is 3. The molecule has 0 bridgehead atoms. The maximum atomic E-state index is 13.1. The Balaban J connectivity index is 1.46. The van der Waals surface area contributed by atoms with E-state index in [-0.39, 0.29) is 24.3 Å². The number of thiazole rings is 1. The quantitative estimate of drug-likeness (QED) is 0.552. The first-order valence-electron chi connectivity index (χ1n) is 11.3. The van der Waals surface area contributed by atoms with Crippen LogP contribution in [0.1, 0.15) is 49.7 Å². The molecule has 184 valence electrons. The SMILES string of the molecule is CC(C)(C)OC(=O)NCCNC(=O)C1CCCN(C(=O)c2cccc(OCc3cscn3)c2)C1. The smallest absolute Gasteiger partial charge is 0.407 e. The van der Waals surface area contributed by atoms with E-state index in [2.05, 4.69) is 15.6 Å². The van der Waals surface area contributed by atoms with Gasteiger partial charge in [0.1, 0.15) is 18.0 Å². The number of ether oxygens (including phenoxy) is 2. The van der Waals surface area contributed by atoms with Crippen LogP contribution in [0.5, 0.6) is 5.75 Å². The van der Waals surface area contributed by atoms with Gasteiger partial charge in [0.2, 0.25) is 5.91 Å². The Labute approximate surface area is 203 Å². The van der Waals surface area contributed by atoms with Gasteiger partial charge in [-0.2, -0.15) is 0 Å². The van der Waals surface area contributed by atoms with Crippen molar-refractivity contribution in [3.05, 3.63) is 46.4 Å². The molecule has 1 aromatic heterocycles. The second-order valence-electron chi connectivity index (χ2n) is 9.11. The van der Waals surface area contributed by atoms with Crippen LogP contribution in [0.25, 0.3) is 0 Å². The molecule has 2 heterocycles. The highest BCUT2D eigenvalue weighted by molar-refractivity contribution is 7.07. The summed E-state index contributed by atoms with van der Waals surface area (Å²) in [6, 6.07) is 7.07. The third-order valence-corrected chi connectivity index (χ3v) is 5.76. The fourth-order valence-electron chi connectivity index (χ4n) is 3.55. The highest BCUT2D eigenvalue weighted by Gasteiger charge is 2.29. The van der Waals surface area contributed by atoms with Gasteiger partial charge >= 0.3 is 6.09 Å². The van der Waals surface area contributed by atoms with E-state index >= 15 is 0 Å². The molecule has 1 unspecified atom stereocenters. The molecule has 0 saturated carbocycles. The number of carbonyl (C=O) groups excluding carboxylic acids is 3. The van der Waals surface area contributed by atoms with Gasteiger partial charge in [0.15, 0.2) is 0 Å². The second kappa shape index (κ2) is 11.8. The van der Waals surface area contributed by atoms with Crippen LogP contribution in [0, 0.1) is 5.92 Å². The number of hydrogen-bond acceptors (Lipinski definition) is 7. The summed E-state index contributed by atoms with van der Waals surface area (Å²) in [6.45, 7) is 7.23. The molecule has 1 aliphatic rings. The van der Waals surface area contributed by atoms with Crippen LogP contribution >= 0.6 is 11.3 Å². The first-order valence-corrected chi connectivity index (χ1v) is 12.3. The van der Waals surface area contributed by atoms with Gasteiger partial charge in [-0.3, -0.25) is 9.59 Å². The molecular formula is C24H32N4O5S. The van der Waals surface area contributed by atoms with Crippen molar-refractivity contribution in [3.63, 3.8) is 0 Å². The minimum Gasteiger partial charge on any atom is -0.487 e. The summed E-state index contributed by atoms with van der Waals surface area (Å²) in [7, 11) is 0. The zero-order chi connectivity index (χ0) is 24.6. The van der Waals surface area contributed by atoms with Gasteiger partial charge in [-0.15, -0.1) is 11.3 Å². The van der Waals surface area contributed by atoms with Gasteiger partial charge in [-0.05, 0) is 51.8 Å². The van der Waals surface area contributed by atoms with Crippen LogP contribution < -0.4 is 15.4 Å². The molecule has 1 fully saturated rings. The molecular weight excluding hydrogens is 456 g/mol. The summed E-state index contributed by atoms with van der Waals surface area (Å²) in [5, 5.41) is 7.37. The van der Waals surface area contributed by atoms with Gasteiger partial charge in [0.25, 0.3) is 5.91 Å². The minimum atomic E-state index is -0.571. The molecule has 1 atom stereocenters. The van der Waals surface area contributed by atoms with Crippen molar-refractivity contribution in [2.24, 2.45) is 5.92 Å². The Morgan fingerprint density at radius 1 is 1.21 bits per heavy atom. The van der Waals surface area contributed by atoms with Crippen molar-refractivity contribution in [2.45, 2.75) is 45.8 Å². The van der Waals surface area contributed by atoms with E-state index in [0.29, 0.717) is 44.0 Å². The van der Waals surface area contributed by atoms with E-state index in [0.717, 1.165) is 12.1 Å². The van der Waals surface area contributed by atoms with E-state index in [4.69, 9.17) is 9.47 Å². The lowest BCUT2D eigenvalue weighted by molar-refractivity contribution is -0.126. The highest BCUT2D eigenvalue weighted by atomic mass is 32.1. The largest absolute Gasteiger partial charge is 0.487 e. The zero-order valence-corrected chi connectivity index (χ0v) is 20.7. The molecule has 10 heteroatoms. The fraction of sp³-hybridized carbons (Fsp3) is 0.500. The lowest BCUT2D eigenvalue weighted by atomic mass is 9.96. The molecule has 1 aromatic carbocycles. The number of benzene rings is 1. The van der Waals surface area contributed by atoms with Crippen molar-refractivity contribution in [2.75, 3.05) is 26.2 Å². The van der Waals surface area contributed by atoms with Crippen LogP contribution in [-0.2, 0) is 16.1 Å². The number of nitrogens with zero attached hydrogens (tertiary/aromatic N) is 2. The van der Waals surface area contributed by atoms with Gasteiger partial charge in [-0.25, -0.2) is 9.78 Å². The van der Waals surface area contributed by atoms with Crippen molar-refractivity contribution in [3.8, 4) is 5.75 Å². The summed E-state index contributed by atoms with van der Waals surface area (Å²) in [4.78, 5) is 43.3. The Bertz CT molecular complexity index is 974. The summed E-state index contributed by atoms with van der Waals surface area (Å²) in [5.74, 6) is 0.0676. The number of rotatable bonds is 8. The predicted octanol–water partition coefficient (Wildman–Crippen LogP) is 3.22. The molecule has 2 aromatic rings. The molecule has 34 heavy (non-hydrogen) atoms. The van der Waals surface area contributed by atoms with Crippen LogP contribution in [0.4, 0.5) is 4.79 Å². The van der Waals surface area contributed by atoms with Crippen molar-refractivity contribution < 1.29 is 23.9 Å². The number of hydrogen-bond donors (Lipinski definition) is 2. The van der Waals surface area contributed by atoms with Gasteiger partial charge < -0.3 is 25.0 Å². The molecule has 0 radical (unpaired) electrons. The van der Waals surface area contributed by atoms with Gasteiger partial charge in [0, 0.05) is 37.1 Å². The lowest BCUT2D eigenvalue weighted by Gasteiger charge is -2.32. The Hall–Kier alpha value is -3.14. The van der Waals surface area contributed by atoms with E-state index in [9.17, 15) is 14.4 Å². The topological polar surface area (TPSA) is 110 Å².